The molecule has 5 nitrogen and oxygen atoms in total. The van der Waals surface area contributed by atoms with Crippen molar-refractivity contribution in [3.05, 3.63) is 83.4 Å². The molecule has 0 saturated carbocycles. The lowest BCUT2D eigenvalue weighted by atomic mass is 9.92. The van der Waals surface area contributed by atoms with Crippen LogP contribution in [0, 0.1) is 0 Å². The molecule has 0 aliphatic carbocycles. The zero-order valence-electron chi connectivity index (χ0n) is 15.3. The van der Waals surface area contributed by atoms with Gasteiger partial charge in [-0.25, -0.2) is 0 Å². The highest BCUT2D eigenvalue weighted by molar-refractivity contribution is 8.00. The molecule has 2 heterocycles. The maximum atomic E-state index is 11.7. The number of rotatable bonds is 2. The number of benzene rings is 3. The van der Waals surface area contributed by atoms with Crippen LogP contribution in [0.4, 0.5) is 5.69 Å². The van der Waals surface area contributed by atoms with Crippen molar-refractivity contribution < 1.29 is 19.7 Å². The number of carbonyl (C=O) groups is 1. The Bertz CT molecular complexity index is 1160. The Labute approximate surface area is 171 Å². The monoisotopic (exact) mass is 403 g/mol. The van der Waals surface area contributed by atoms with Gasteiger partial charge in [0.2, 0.25) is 0 Å². The van der Waals surface area contributed by atoms with E-state index in [1.54, 1.807) is 36.0 Å². The Morgan fingerprint density at radius 3 is 2.66 bits per heavy atom. The first-order chi connectivity index (χ1) is 14.1. The molecule has 6 heteroatoms. The molecule has 3 aromatic rings. The van der Waals surface area contributed by atoms with E-state index < -0.39 is 0 Å². The minimum absolute atomic E-state index is 0.00989. The predicted molar refractivity (Wildman–Crippen MR) is 113 cm³/mol. The summed E-state index contributed by atoms with van der Waals surface area (Å²) in [6.07, 6.45) is 0. The minimum atomic E-state index is -0.214. The third-order valence-electron chi connectivity index (χ3n) is 5.03. The summed E-state index contributed by atoms with van der Waals surface area (Å²) >= 11 is 1.57. The fraction of sp³-hybridized carbons (Fsp3) is 0.0870. The van der Waals surface area contributed by atoms with E-state index in [-0.39, 0.29) is 29.3 Å². The lowest BCUT2D eigenvalue weighted by Crippen LogP contribution is -2.25. The number of aromatic hydroxyl groups is 1. The van der Waals surface area contributed by atoms with Gasteiger partial charge < -0.3 is 20.3 Å². The molecule has 0 fully saturated rings. The maximum Gasteiger partial charge on any atom is 0.262 e. The number of amides is 1. The molecular weight excluding hydrogens is 386 g/mol. The smallest absolute Gasteiger partial charge is 0.262 e. The lowest BCUT2D eigenvalue weighted by molar-refractivity contribution is -0.118. The van der Waals surface area contributed by atoms with Crippen molar-refractivity contribution in [1.29, 1.82) is 0 Å². The molecule has 1 amide bonds. The van der Waals surface area contributed by atoms with E-state index in [1.807, 2.05) is 42.5 Å². The number of phenols is 1. The van der Waals surface area contributed by atoms with Gasteiger partial charge >= 0.3 is 0 Å². The van der Waals surface area contributed by atoms with Crippen LogP contribution < -0.4 is 10.1 Å². The first kappa shape index (κ1) is 17.7. The molecule has 29 heavy (non-hydrogen) atoms. The molecule has 1 atom stereocenters. The Hall–Kier alpha value is -3.38. The molecule has 0 radical (unpaired) electrons. The van der Waals surface area contributed by atoms with Crippen molar-refractivity contribution in [2.45, 2.75) is 10.1 Å². The summed E-state index contributed by atoms with van der Waals surface area (Å²) < 4.78 is 5.46. The van der Waals surface area contributed by atoms with Gasteiger partial charge in [0.15, 0.2) is 6.61 Å². The Kier molecular flexibility index (Phi) is 4.21. The number of hydrogen-bond donors (Lipinski definition) is 3. The average Bonchev–Trinajstić information content (AvgIpc) is 2.73. The number of carbonyl (C=O) groups excluding carboxylic acids is 1. The van der Waals surface area contributed by atoms with Gasteiger partial charge in [0.1, 0.15) is 17.3 Å². The second-order valence-corrected chi connectivity index (χ2v) is 8.02. The summed E-state index contributed by atoms with van der Waals surface area (Å²) in [4.78, 5) is 12.6. The van der Waals surface area contributed by atoms with Crippen LogP contribution in [0.3, 0.4) is 0 Å². The van der Waals surface area contributed by atoms with Crippen LogP contribution in [0.2, 0.25) is 0 Å². The number of aliphatic hydroxyl groups excluding tert-OH is 1. The molecule has 3 aromatic carbocycles. The van der Waals surface area contributed by atoms with E-state index in [4.69, 9.17) is 4.74 Å². The fourth-order valence-electron chi connectivity index (χ4n) is 3.70. The van der Waals surface area contributed by atoms with Crippen molar-refractivity contribution in [2.24, 2.45) is 0 Å². The molecule has 0 aromatic heterocycles. The van der Waals surface area contributed by atoms with Crippen LogP contribution in [-0.4, -0.2) is 22.7 Å². The van der Waals surface area contributed by atoms with Gasteiger partial charge in [0.05, 0.1) is 16.5 Å². The predicted octanol–water partition coefficient (Wildman–Crippen LogP) is 5.00. The van der Waals surface area contributed by atoms with Crippen molar-refractivity contribution >= 4 is 34.7 Å². The molecule has 2 aliphatic heterocycles. The zero-order chi connectivity index (χ0) is 20.0. The number of phenolic OH excluding ortho intramolecular Hbond substituents is 1. The molecular formula is C23H17NO4S. The number of nitrogens with one attached hydrogen (secondary N) is 1. The highest BCUT2D eigenvalue weighted by atomic mass is 32.2. The number of ether oxygens (including phenoxy) is 1. The number of thioether (sulfide) groups is 1. The van der Waals surface area contributed by atoms with Gasteiger partial charge in [-0.05, 0) is 35.4 Å². The molecule has 1 unspecified atom stereocenters. The highest BCUT2D eigenvalue weighted by Gasteiger charge is 2.32. The molecule has 144 valence electrons. The largest absolute Gasteiger partial charge is 0.507 e. The number of anilines is 1. The molecule has 0 bridgehead atoms. The summed E-state index contributed by atoms with van der Waals surface area (Å²) in [5.74, 6) is 0.449. The third kappa shape index (κ3) is 3.02. The minimum Gasteiger partial charge on any atom is -0.507 e. The summed E-state index contributed by atoms with van der Waals surface area (Å²) in [6.45, 7) is -0.00989. The van der Waals surface area contributed by atoms with E-state index in [1.165, 1.54) is 0 Å². The van der Waals surface area contributed by atoms with Gasteiger partial charge in [0.25, 0.3) is 5.91 Å². The SMILES string of the molecule is O=C1COc2ccc(C3=C(O)c4c(O)cccc4SC3c3ccccc3)cc2N1. The van der Waals surface area contributed by atoms with Gasteiger partial charge in [-0.2, -0.15) is 0 Å². The molecule has 0 saturated heterocycles. The normalized spacial score (nSPS) is 17.8. The molecule has 3 N–H and O–H groups in total. The quantitative estimate of drug-likeness (QED) is 0.561. The van der Waals surface area contributed by atoms with E-state index in [0.29, 0.717) is 22.6 Å². The number of fused-ring (bicyclic) bond motifs is 2. The molecule has 5 rings (SSSR count). The van der Waals surface area contributed by atoms with Crippen LogP contribution in [-0.2, 0) is 4.79 Å². The first-order valence-corrected chi connectivity index (χ1v) is 10.0. The summed E-state index contributed by atoms with van der Waals surface area (Å²) in [7, 11) is 0. The second-order valence-electron chi connectivity index (χ2n) is 6.87. The van der Waals surface area contributed by atoms with Crippen molar-refractivity contribution in [3.63, 3.8) is 0 Å². The fourth-order valence-corrected chi connectivity index (χ4v) is 5.09. The average molecular weight is 403 g/mol. The standard InChI is InChI=1S/C23H17NO4S/c25-16-7-4-8-18-21(16)22(27)20(23(29-18)13-5-2-1-3-6-13)14-9-10-17-15(11-14)24-19(26)12-28-17/h1-11,23,25,27H,12H2,(H,24,26). The van der Waals surface area contributed by atoms with Crippen molar-refractivity contribution in [3.8, 4) is 11.5 Å². The van der Waals surface area contributed by atoms with Crippen LogP contribution in [0.5, 0.6) is 11.5 Å². The number of aliphatic hydroxyl groups is 1. The Morgan fingerprint density at radius 1 is 1.00 bits per heavy atom. The topological polar surface area (TPSA) is 78.8 Å². The van der Waals surface area contributed by atoms with Gasteiger partial charge in [-0.3, -0.25) is 4.79 Å². The molecule has 0 spiro atoms. The summed E-state index contributed by atoms with van der Waals surface area (Å²) in [5.41, 5.74) is 3.46. The maximum absolute atomic E-state index is 11.7. The van der Waals surface area contributed by atoms with Crippen LogP contribution in [0.25, 0.3) is 11.3 Å². The van der Waals surface area contributed by atoms with Gasteiger partial charge in [0, 0.05) is 10.5 Å². The lowest BCUT2D eigenvalue weighted by Gasteiger charge is -2.29. The van der Waals surface area contributed by atoms with Crippen LogP contribution >= 0.6 is 11.8 Å². The van der Waals surface area contributed by atoms with Gasteiger partial charge in [-0.15, -0.1) is 11.8 Å². The highest BCUT2D eigenvalue weighted by Crippen LogP contribution is 2.55. The van der Waals surface area contributed by atoms with Crippen LogP contribution in [0.1, 0.15) is 21.9 Å². The third-order valence-corrected chi connectivity index (χ3v) is 6.37. The molecule has 2 aliphatic rings. The van der Waals surface area contributed by atoms with Gasteiger partial charge in [-0.1, -0.05) is 42.5 Å². The van der Waals surface area contributed by atoms with Crippen LogP contribution in [0.15, 0.2) is 71.6 Å². The van der Waals surface area contributed by atoms with E-state index in [9.17, 15) is 15.0 Å². The summed E-state index contributed by atoms with van der Waals surface area (Å²) in [5, 5.41) is 24.3. The number of hydrogen-bond acceptors (Lipinski definition) is 5. The first-order valence-electron chi connectivity index (χ1n) is 9.16. The Balaban J connectivity index is 1.72. The summed E-state index contributed by atoms with van der Waals surface area (Å²) in [6, 6.07) is 20.6. The van der Waals surface area contributed by atoms with Crippen molar-refractivity contribution in [1.82, 2.24) is 0 Å². The van der Waals surface area contributed by atoms with Crippen molar-refractivity contribution in [2.75, 3.05) is 11.9 Å². The second kappa shape index (κ2) is 6.90. The van der Waals surface area contributed by atoms with E-state index in [0.717, 1.165) is 16.0 Å². The zero-order valence-corrected chi connectivity index (χ0v) is 16.1. The Morgan fingerprint density at radius 2 is 1.83 bits per heavy atom. The van der Waals surface area contributed by atoms with E-state index >= 15 is 0 Å². The van der Waals surface area contributed by atoms with E-state index in [2.05, 4.69) is 5.32 Å².